The summed E-state index contributed by atoms with van der Waals surface area (Å²) in [6.45, 7) is 3.35. The molecule has 2 fully saturated rings. The lowest BCUT2D eigenvalue weighted by Crippen LogP contribution is -2.54. The molecule has 1 aliphatic heterocycles. The normalized spacial score (nSPS) is 24.2. The van der Waals surface area contributed by atoms with Crippen LogP contribution in [-0.2, 0) is 11.0 Å². The molecule has 2 nitrogen and oxygen atoms in total. The number of carbonyl (C=O) groups excluding carboxylic acids is 1. The Bertz CT molecular complexity index is 561. The topological polar surface area (TPSA) is 20.3 Å². The van der Waals surface area contributed by atoms with Gasteiger partial charge in [-0.15, -0.1) is 0 Å². The quantitative estimate of drug-likeness (QED) is 0.762. The molecule has 1 aromatic carbocycles. The van der Waals surface area contributed by atoms with Crippen molar-refractivity contribution < 1.29 is 18.0 Å². The fraction of sp³-hybridized carbons (Fsp3) is 0.562. The lowest BCUT2D eigenvalue weighted by atomic mass is 9.77. The van der Waals surface area contributed by atoms with Crippen molar-refractivity contribution in [2.24, 2.45) is 5.41 Å². The van der Waals surface area contributed by atoms with Crippen LogP contribution in [0.2, 0.25) is 0 Å². The Morgan fingerprint density at radius 3 is 2.62 bits per heavy atom. The number of alkyl halides is 3. The lowest BCUT2D eigenvalue weighted by molar-refractivity contribution is -0.137. The summed E-state index contributed by atoms with van der Waals surface area (Å²) in [5.41, 5.74) is 1.39. The van der Waals surface area contributed by atoms with Gasteiger partial charge in [-0.25, -0.2) is 0 Å². The molecule has 0 N–H and O–H groups in total. The summed E-state index contributed by atoms with van der Waals surface area (Å²) in [5.74, 6) is 0.320. The van der Waals surface area contributed by atoms with Gasteiger partial charge in [-0.3, -0.25) is 4.79 Å². The van der Waals surface area contributed by atoms with Crippen molar-refractivity contribution in [1.29, 1.82) is 0 Å². The van der Waals surface area contributed by atoms with Gasteiger partial charge >= 0.3 is 6.18 Å². The number of carbonyl (C=O) groups is 1. The van der Waals surface area contributed by atoms with E-state index < -0.39 is 11.7 Å². The molecule has 1 aliphatic carbocycles. The predicted octanol–water partition coefficient (Wildman–Crippen LogP) is 3.74. The number of hydrogen-bond acceptors (Lipinski definition) is 1. The zero-order valence-electron chi connectivity index (χ0n) is 11.9. The van der Waals surface area contributed by atoms with E-state index in [0.29, 0.717) is 5.92 Å². The molecule has 1 saturated heterocycles. The van der Waals surface area contributed by atoms with E-state index in [2.05, 4.69) is 0 Å². The molecular weight excluding hydrogens is 279 g/mol. The monoisotopic (exact) mass is 297 g/mol. The first-order chi connectivity index (χ1) is 9.83. The first kappa shape index (κ1) is 14.4. The van der Waals surface area contributed by atoms with E-state index in [4.69, 9.17) is 0 Å². The second kappa shape index (κ2) is 4.75. The number of aryl methyl sites for hydroxylation is 1. The van der Waals surface area contributed by atoms with Gasteiger partial charge in [0.05, 0.1) is 5.56 Å². The fourth-order valence-electron chi connectivity index (χ4n) is 3.96. The van der Waals surface area contributed by atoms with E-state index >= 15 is 0 Å². The zero-order valence-corrected chi connectivity index (χ0v) is 11.9. The highest BCUT2D eigenvalue weighted by molar-refractivity contribution is 5.49. The van der Waals surface area contributed by atoms with Crippen molar-refractivity contribution in [3.8, 4) is 0 Å². The van der Waals surface area contributed by atoms with Crippen LogP contribution in [0.25, 0.3) is 0 Å². The molecule has 1 aromatic rings. The van der Waals surface area contributed by atoms with Crippen LogP contribution in [0.1, 0.15) is 41.9 Å². The lowest BCUT2D eigenvalue weighted by Gasteiger charge is -2.46. The Morgan fingerprint density at radius 2 is 2.05 bits per heavy atom. The molecule has 0 aromatic heterocycles. The molecule has 1 spiro atoms. The van der Waals surface area contributed by atoms with E-state index in [0.717, 1.165) is 49.9 Å². The minimum Gasteiger partial charge on any atom is -0.344 e. The Morgan fingerprint density at radius 1 is 1.33 bits per heavy atom. The van der Waals surface area contributed by atoms with Crippen molar-refractivity contribution in [3.63, 3.8) is 0 Å². The smallest absolute Gasteiger partial charge is 0.344 e. The van der Waals surface area contributed by atoms with Gasteiger partial charge in [0.15, 0.2) is 0 Å². The Kier molecular flexibility index (Phi) is 3.26. The molecule has 1 amide bonds. The van der Waals surface area contributed by atoms with Crippen molar-refractivity contribution in [3.05, 3.63) is 34.9 Å². The molecule has 21 heavy (non-hydrogen) atoms. The van der Waals surface area contributed by atoms with Gasteiger partial charge in [0, 0.05) is 18.5 Å². The second-order valence-corrected chi connectivity index (χ2v) is 6.52. The summed E-state index contributed by atoms with van der Waals surface area (Å²) in [4.78, 5) is 12.4. The van der Waals surface area contributed by atoms with Crippen LogP contribution in [0.3, 0.4) is 0 Å². The first-order valence-electron chi connectivity index (χ1n) is 7.20. The highest BCUT2D eigenvalue weighted by atomic mass is 19.4. The molecular formula is C16H18F3NO. The number of nitrogens with zero attached hydrogens (tertiary/aromatic N) is 1. The number of hydrogen-bond donors (Lipinski definition) is 0. The number of amides is 1. The third kappa shape index (κ3) is 2.54. The predicted molar refractivity (Wildman–Crippen MR) is 72.8 cm³/mol. The Labute approximate surface area is 121 Å². The average molecular weight is 297 g/mol. The molecule has 1 unspecified atom stereocenters. The van der Waals surface area contributed by atoms with Crippen LogP contribution in [0.15, 0.2) is 18.2 Å². The summed E-state index contributed by atoms with van der Waals surface area (Å²) in [6.07, 6.45) is -0.370. The molecule has 3 rings (SSSR count). The van der Waals surface area contributed by atoms with Crippen molar-refractivity contribution in [2.75, 3.05) is 13.1 Å². The standard InChI is InChI=1S/C16H18F3NO/c1-11-6-13(16(17,18)19)2-3-14(11)12-4-5-15(7-12)8-20(9-15)10-21/h2-3,6,10,12H,4-5,7-9H2,1H3. The van der Waals surface area contributed by atoms with Gasteiger partial charge in [0.1, 0.15) is 0 Å². The minimum atomic E-state index is -4.28. The summed E-state index contributed by atoms with van der Waals surface area (Å²) >= 11 is 0. The highest BCUT2D eigenvalue weighted by Crippen LogP contribution is 2.52. The molecule has 2 aliphatic rings. The van der Waals surface area contributed by atoms with Crippen LogP contribution < -0.4 is 0 Å². The second-order valence-electron chi connectivity index (χ2n) is 6.52. The van der Waals surface area contributed by atoms with Crippen LogP contribution in [0.4, 0.5) is 13.2 Å². The van der Waals surface area contributed by atoms with E-state index in [9.17, 15) is 18.0 Å². The van der Waals surface area contributed by atoms with Crippen LogP contribution >= 0.6 is 0 Å². The molecule has 1 saturated carbocycles. The van der Waals surface area contributed by atoms with E-state index in [1.54, 1.807) is 17.9 Å². The number of rotatable bonds is 2. The molecule has 114 valence electrons. The third-order valence-corrected chi connectivity index (χ3v) is 4.97. The fourth-order valence-corrected chi connectivity index (χ4v) is 3.96. The Balaban J connectivity index is 1.75. The minimum absolute atomic E-state index is 0.209. The number of likely N-dealkylation sites (tertiary alicyclic amines) is 1. The summed E-state index contributed by atoms with van der Waals surface area (Å²) in [7, 11) is 0. The van der Waals surface area contributed by atoms with Crippen LogP contribution in [0.5, 0.6) is 0 Å². The third-order valence-electron chi connectivity index (χ3n) is 4.97. The number of benzene rings is 1. The van der Waals surface area contributed by atoms with Gasteiger partial charge in [0.2, 0.25) is 6.41 Å². The highest BCUT2D eigenvalue weighted by Gasteiger charge is 2.48. The van der Waals surface area contributed by atoms with Gasteiger partial charge in [-0.1, -0.05) is 6.07 Å². The zero-order chi connectivity index (χ0) is 15.3. The van der Waals surface area contributed by atoms with E-state index in [-0.39, 0.29) is 5.41 Å². The van der Waals surface area contributed by atoms with Crippen molar-refractivity contribution in [1.82, 2.24) is 4.90 Å². The summed E-state index contributed by atoms with van der Waals surface area (Å²) in [6, 6.07) is 4.07. The Hall–Kier alpha value is -1.52. The van der Waals surface area contributed by atoms with Gasteiger partial charge in [-0.05, 0) is 55.4 Å². The van der Waals surface area contributed by atoms with Gasteiger partial charge in [-0.2, -0.15) is 13.2 Å². The largest absolute Gasteiger partial charge is 0.416 e. The summed E-state index contributed by atoms with van der Waals surface area (Å²) in [5, 5.41) is 0. The molecule has 0 radical (unpaired) electrons. The van der Waals surface area contributed by atoms with E-state index in [1.807, 2.05) is 0 Å². The molecule has 1 heterocycles. The SMILES string of the molecule is Cc1cc(C(F)(F)F)ccc1C1CCC2(C1)CN(C=O)C2. The first-order valence-corrected chi connectivity index (χ1v) is 7.20. The molecule has 5 heteroatoms. The summed E-state index contributed by atoms with van der Waals surface area (Å²) < 4.78 is 38.1. The molecule has 0 bridgehead atoms. The maximum Gasteiger partial charge on any atom is 0.416 e. The van der Waals surface area contributed by atoms with Crippen LogP contribution in [-0.4, -0.2) is 24.4 Å². The molecule has 1 atom stereocenters. The van der Waals surface area contributed by atoms with Crippen LogP contribution in [0, 0.1) is 12.3 Å². The van der Waals surface area contributed by atoms with Crippen molar-refractivity contribution in [2.45, 2.75) is 38.3 Å². The van der Waals surface area contributed by atoms with Gasteiger partial charge < -0.3 is 4.90 Å². The number of halogens is 3. The van der Waals surface area contributed by atoms with Crippen molar-refractivity contribution >= 4 is 6.41 Å². The maximum absolute atomic E-state index is 12.7. The average Bonchev–Trinajstić information content (AvgIpc) is 2.80. The van der Waals surface area contributed by atoms with E-state index in [1.165, 1.54) is 12.1 Å². The maximum atomic E-state index is 12.7. The van der Waals surface area contributed by atoms with Gasteiger partial charge in [0.25, 0.3) is 0 Å².